The van der Waals surface area contributed by atoms with Gasteiger partial charge in [0.15, 0.2) is 0 Å². The quantitative estimate of drug-likeness (QED) is 0.850. The number of aromatic amines is 1. The molecular formula is C11H12N2O2S. The van der Waals surface area contributed by atoms with Gasteiger partial charge in [0.25, 0.3) is 0 Å². The summed E-state index contributed by atoms with van der Waals surface area (Å²) in [7, 11) is -1.98. The zero-order valence-electron chi connectivity index (χ0n) is 8.77. The third kappa shape index (κ3) is 2.00. The van der Waals surface area contributed by atoms with E-state index >= 15 is 0 Å². The number of benzene rings is 1. The molecule has 0 saturated carbocycles. The molecular weight excluding hydrogens is 224 g/mol. The predicted molar refractivity (Wildman–Crippen MR) is 62.5 cm³/mol. The Morgan fingerprint density at radius 2 is 2.00 bits per heavy atom. The van der Waals surface area contributed by atoms with Gasteiger partial charge in [-0.25, -0.2) is 13.1 Å². The molecule has 0 saturated heterocycles. The standard InChI is InChI=1S/C11H12N2O2S/c1-12-16(14,15)10-5-2-4-9(8-10)11-6-3-7-13-11/h2-8,12-13H,1H3. The Bertz CT molecular complexity index is 574. The normalized spacial score (nSPS) is 11.6. The minimum atomic E-state index is -3.38. The largest absolute Gasteiger partial charge is 0.361 e. The maximum absolute atomic E-state index is 11.6. The first-order chi connectivity index (χ1) is 7.63. The van der Waals surface area contributed by atoms with E-state index in [1.165, 1.54) is 7.05 Å². The maximum atomic E-state index is 11.6. The molecule has 0 spiro atoms. The Balaban J connectivity index is 2.50. The first kappa shape index (κ1) is 10.9. The van der Waals surface area contributed by atoms with Gasteiger partial charge in [0.2, 0.25) is 10.0 Å². The molecule has 0 amide bonds. The van der Waals surface area contributed by atoms with Crippen molar-refractivity contribution in [1.29, 1.82) is 0 Å². The highest BCUT2D eigenvalue weighted by Crippen LogP contribution is 2.20. The Morgan fingerprint density at radius 1 is 1.19 bits per heavy atom. The molecule has 0 radical (unpaired) electrons. The molecule has 1 aromatic carbocycles. The monoisotopic (exact) mass is 236 g/mol. The van der Waals surface area contributed by atoms with Crippen molar-refractivity contribution in [1.82, 2.24) is 9.71 Å². The van der Waals surface area contributed by atoms with Gasteiger partial charge < -0.3 is 4.98 Å². The summed E-state index contributed by atoms with van der Waals surface area (Å²) >= 11 is 0. The fourth-order valence-corrected chi connectivity index (χ4v) is 2.23. The summed E-state index contributed by atoms with van der Waals surface area (Å²) in [4.78, 5) is 3.30. The second kappa shape index (κ2) is 4.11. The molecule has 84 valence electrons. The van der Waals surface area contributed by atoms with Crippen molar-refractivity contribution in [3.63, 3.8) is 0 Å². The van der Waals surface area contributed by atoms with Crippen LogP contribution < -0.4 is 4.72 Å². The Hall–Kier alpha value is -1.59. The predicted octanol–water partition coefficient (Wildman–Crippen LogP) is 1.59. The zero-order chi connectivity index (χ0) is 11.6. The second-order valence-electron chi connectivity index (χ2n) is 3.32. The van der Waals surface area contributed by atoms with Crippen LogP contribution in [0.25, 0.3) is 11.3 Å². The topological polar surface area (TPSA) is 62.0 Å². The van der Waals surface area contributed by atoms with Gasteiger partial charge in [-0.2, -0.15) is 0 Å². The first-order valence-corrected chi connectivity index (χ1v) is 6.29. The van der Waals surface area contributed by atoms with Crippen LogP contribution in [0.1, 0.15) is 0 Å². The molecule has 2 aromatic rings. The van der Waals surface area contributed by atoms with Crippen molar-refractivity contribution in [2.45, 2.75) is 4.90 Å². The minimum Gasteiger partial charge on any atom is -0.361 e. The lowest BCUT2D eigenvalue weighted by Gasteiger charge is -2.04. The lowest BCUT2D eigenvalue weighted by atomic mass is 10.2. The molecule has 2 N–H and O–H groups in total. The molecule has 0 unspecified atom stereocenters. The molecule has 0 aliphatic heterocycles. The van der Waals surface area contributed by atoms with Crippen LogP contribution in [0.4, 0.5) is 0 Å². The highest BCUT2D eigenvalue weighted by Gasteiger charge is 2.11. The number of H-pyrrole nitrogens is 1. The highest BCUT2D eigenvalue weighted by molar-refractivity contribution is 7.89. The highest BCUT2D eigenvalue weighted by atomic mass is 32.2. The number of hydrogen-bond donors (Lipinski definition) is 2. The summed E-state index contributed by atoms with van der Waals surface area (Å²) in [5.41, 5.74) is 1.74. The Labute approximate surface area is 94.4 Å². The van der Waals surface area contributed by atoms with E-state index < -0.39 is 10.0 Å². The van der Waals surface area contributed by atoms with Gasteiger partial charge in [0.05, 0.1) is 4.90 Å². The van der Waals surface area contributed by atoms with Crippen LogP contribution in [-0.2, 0) is 10.0 Å². The van der Waals surface area contributed by atoms with Crippen molar-refractivity contribution < 1.29 is 8.42 Å². The van der Waals surface area contributed by atoms with Gasteiger partial charge in [-0.15, -0.1) is 0 Å². The second-order valence-corrected chi connectivity index (χ2v) is 5.21. The number of nitrogens with one attached hydrogen (secondary N) is 2. The molecule has 5 heteroatoms. The van der Waals surface area contributed by atoms with E-state index in [-0.39, 0.29) is 4.90 Å². The average molecular weight is 236 g/mol. The van der Waals surface area contributed by atoms with Crippen LogP contribution in [0, 0.1) is 0 Å². The van der Waals surface area contributed by atoms with Crippen LogP contribution in [0.15, 0.2) is 47.5 Å². The van der Waals surface area contributed by atoms with E-state index in [1.807, 2.05) is 18.2 Å². The van der Waals surface area contributed by atoms with Gasteiger partial charge in [0, 0.05) is 11.9 Å². The van der Waals surface area contributed by atoms with E-state index in [4.69, 9.17) is 0 Å². The van der Waals surface area contributed by atoms with Crippen molar-refractivity contribution in [2.75, 3.05) is 7.05 Å². The molecule has 2 rings (SSSR count). The summed E-state index contributed by atoms with van der Waals surface area (Å²) in [6, 6.07) is 10.6. The number of aromatic nitrogens is 1. The van der Waals surface area contributed by atoms with Gasteiger partial charge in [-0.05, 0) is 36.9 Å². The third-order valence-corrected chi connectivity index (χ3v) is 3.73. The summed E-state index contributed by atoms with van der Waals surface area (Å²) in [5.74, 6) is 0. The summed E-state index contributed by atoms with van der Waals surface area (Å²) in [6.45, 7) is 0. The van der Waals surface area contributed by atoms with E-state index in [1.54, 1.807) is 24.4 Å². The average Bonchev–Trinajstić information content (AvgIpc) is 2.83. The van der Waals surface area contributed by atoms with Crippen molar-refractivity contribution in [3.8, 4) is 11.3 Å². The molecule has 4 nitrogen and oxygen atoms in total. The summed E-state index contributed by atoms with van der Waals surface area (Å²) in [6.07, 6.45) is 1.80. The first-order valence-electron chi connectivity index (χ1n) is 4.81. The van der Waals surface area contributed by atoms with Crippen molar-refractivity contribution in [3.05, 3.63) is 42.6 Å². The fourth-order valence-electron chi connectivity index (χ4n) is 1.46. The molecule has 16 heavy (non-hydrogen) atoms. The summed E-state index contributed by atoms with van der Waals surface area (Å²) < 4.78 is 25.5. The molecule has 0 aliphatic rings. The Kier molecular flexibility index (Phi) is 2.80. The van der Waals surface area contributed by atoms with Gasteiger partial charge in [-0.1, -0.05) is 12.1 Å². The number of rotatable bonds is 3. The van der Waals surface area contributed by atoms with Gasteiger partial charge in [-0.3, -0.25) is 0 Å². The molecule has 0 aliphatic carbocycles. The molecule has 0 fully saturated rings. The zero-order valence-corrected chi connectivity index (χ0v) is 9.58. The minimum absolute atomic E-state index is 0.266. The SMILES string of the molecule is CNS(=O)(=O)c1cccc(-c2ccc[nH]2)c1. The van der Waals surface area contributed by atoms with Gasteiger partial charge in [0.1, 0.15) is 0 Å². The van der Waals surface area contributed by atoms with Crippen LogP contribution in [0.5, 0.6) is 0 Å². The van der Waals surface area contributed by atoms with Crippen molar-refractivity contribution in [2.24, 2.45) is 0 Å². The van der Waals surface area contributed by atoms with E-state index in [9.17, 15) is 8.42 Å². The maximum Gasteiger partial charge on any atom is 0.240 e. The smallest absolute Gasteiger partial charge is 0.240 e. The van der Waals surface area contributed by atoms with E-state index in [0.717, 1.165) is 11.3 Å². The number of sulfonamides is 1. The van der Waals surface area contributed by atoms with Crippen LogP contribution in [0.3, 0.4) is 0 Å². The van der Waals surface area contributed by atoms with E-state index in [2.05, 4.69) is 9.71 Å². The lowest BCUT2D eigenvalue weighted by Crippen LogP contribution is -2.18. The third-order valence-electron chi connectivity index (χ3n) is 2.32. The van der Waals surface area contributed by atoms with Crippen LogP contribution >= 0.6 is 0 Å². The molecule has 0 bridgehead atoms. The molecule has 1 heterocycles. The lowest BCUT2D eigenvalue weighted by molar-refractivity contribution is 0.588. The Morgan fingerprint density at radius 3 is 2.62 bits per heavy atom. The number of hydrogen-bond acceptors (Lipinski definition) is 2. The summed E-state index contributed by atoms with van der Waals surface area (Å²) in [5, 5.41) is 0. The van der Waals surface area contributed by atoms with Crippen molar-refractivity contribution >= 4 is 10.0 Å². The van der Waals surface area contributed by atoms with E-state index in [0.29, 0.717) is 0 Å². The van der Waals surface area contributed by atoms with Crippen LogP contribution in [0.2, 0.25) is 0 Å². The van der Waals surface area contributed by atoms with Gasteiger partial charge >= 0.3 is 0 Å². The fraction of sp³-hybridized carbons (Fsp3) is 0.0909. The molecule has 0 atom stereocenters. The van der Waals surface area contributed by atoms with Crippen LogP contribution in [-0.4, -0.2) is 20.4 Å². The molecule has 1 aromatic heterocycles.